The van der Waals surface area contributed by atoms with E-state index >= 15 is 0 Å². The predicted molar refractivity (Wildman–Crippen MR) is 117 cm³/mol. The molecule has 0 bridgehead atoms. The molecule has 0 radical (unpaired) electrons. The third-order valence-corrected chi connectivity index (χ3v) is 4.94. The fraction of sp³-hybridized carbons (Fsp3) is 0. The van der Waals surface area contributed by atoms with Gasteiger partial charge in [-0.3, -0.25) is 0 Å². The maximum absolute atomic E-state index is 10.0. The molecule has 0 spiro atoms. The SMILES string of the molecule is Oc1ccccc1C=CC(=Nc1nc(-c2ccccc2)cs1)c1ccccc1. The van der Waals surface area contributed by atoms with Crippen molar-refractivity contribution in [3.05, 3.63) is 108 Å². The van der Waals surface area contributed by atoms with Gasteiger partial charge in [-0.05, 0) is 18.2 Å². The average Bonchev–Trinajstić information content (AvgIpc) is 3.22. The van der Waals surface area contributed by atoms with Crippen molar-refractivity contribution < 1.29 is 5.11 Å². The largest absolute Gasteiger partial charge is 0.507 e. The predicted octanol–water partition coefficient (Wildman–Crippen LogP) is 6.35. The Morgan fingerprint density at radius 3 is 2.29 bits per heavy atom. The Bertz CT molecular complexity index is 1120. The first-order chi connectivity index (χ1) is 13.8. The Balaban J connectivity index is 1.70. The normalized spacial score (nSPS) is 11.8. The second-order valence-corrected chi connectivity index (χ2v) is 6.97. The number of rotatable bonds is 5. The van der Waals surface area contributed by atoms with Crippen molar-refractivity contribution in [1.82, 2.24) is 4.98 Å². The van der Waals surface area contributed by atoms with Crippen LogP contribution in [0.25, 0.3) is 17.3 Å². The highest BCUT2D eigenvalue weighted by molar-refractivity contribution is 7.13. The number of hydrogen-bond donors (Lipinski definition) is 1. The number of nitrogens with zero attached hydrogens (tertiary/aromatic N) is 2. The zero-order valence-corrected chi connectivity index (χ0v) is 15.9. The standard InChI is InChI=1S/C24H18N2OS/c27-23-14-8-7-13-20(23)15-16-21(18-9-3-1-4-10-18)25-24-26-22(17-28-24)19-11-5-2-6-12-19/h1-17,27H. The van der Waals surface area contributed by atoms with E-state index < -0.39 is 0 Å². The van der Waals surface area contributed by atoms with Gasteiger partial charge in [0.15, 0.2) is 0 Å². The van der Waals surface area contributed by atoms with Crippen LogP contribution in [-0.4, -0.2) is 15.8 Å². The minimum Gasteiger partial charge on any atom is -0.507 e. The number of aromatic hydroxyl groups is 1. The molecule has 4 aromatic rings. The molecule has 1 aromatic heterocycles. The van der Waals surface area contributed by atoms with Crippen LogP contribution in [0.5, 0.6) is 5.75 Å². The molecule has 1 heterocycles. The number of para-hydroxylation sites is 1. The van der Waals surface area contributed by atoms with Crippen LogP contribution in [0.3, 0.4) is 0 Å². The van der Waals surface area contributed by atoms with Gasteiger partial charge in [-0.2, -0.15) is 0 Å². The van der Waals surface area contributed by atoms with Gasteiger partial charge in [0.25, 0.3) is 0 Å². The smallest absolute Gasteiger partial charge is 0.210 e. The number of aromatic nitrogens is 1. The summed E-state index contributed by atoms with van der Waals surface area (Å²) in [6, 6.07) is 27.3. The van der Waals surface area contributed by atoms with Crippen LogP contribution in [0.15, 0.2) is 101 Å². The third-order valence-electron chi connectivity index (χ3n) is 4.20. The van der Waals surface area contributed by atoms with Crippen LogP contribution in [0.4, 0.5) is 5.13 Å². The van der Waals surface area contributed by atoms with Crippen LogP contribution in [0.2, 0.25) is 0 Å². The summed E-state index contributed by atoms with van der Waals surface area (Å²) < 4.78 is 0. The van der Waals surface area contributed by atoms with Crippen molar-refractivity contribution in [3.63, 3.8) is 0 Å². The van der Waals surface area contributed by atoms with Crippen LogP contribution >= 0.6 is 11.3 Å². The second-order valence-electron chi connectivity index (χ2n) is 6.14. The molecule has 3 nitrogen and oxygen atoms in total. The number of thiazole rings is 1. The highest BCUT2D eigenvalue weighted by Gasteiger charge is 2.06. The van der Waals surface area contributed by atoms with Gasteiger partial charge in [-0.25, -0.2) is 9.98 Å². The maximum Gasteiger partial charge on any atom is 0.210 e. The number of benzene rings is 3. The van der Waals surface area contributed by atoms with Crippen molar-refractivity contribution >= 4 is 28.3 Å². The van der Waals surface area contributed by atoms with Gasteiger partial charge in [-0.1, -0.05) is 78.9 Å². The van der Waals surface area contributed by atoms with E-state index in [0.29, 0.717) is 5.13 Å². The molecule has 1 N–H and O–H groups in total. The molecular weight excluding hydrogens is 364 g/mol. The maximum atomic E-state index is 10.0. The molecule has 0 fully saturated rings. The molecule has 4 rings (SSSR count). The zero-order chi connectivity index (χ0) is 19.2. The molecule has 0 unspecified atom stereocenters. The monoisotopic (exact) mass is 382 g/mol. The van der Waals surface area contributed by atoms with Crippen LogP contribution in [-0.2, 0) is 0 Å². The van der Waals surface area contributed by atoms with Crippen LogP contribution in [0, 0.1) is 0 Å². The van der Waals surface area contributed by atoms with Gasteiger partial charge in [0.05, 0.1) is 11.4 Å². The summed E-state index contributed by atoms with van der Waals surface area (Å²) in [7, 11) is 0. The van der Waals surface area contributed by atoms with E-state index in [0.717, 1.165) is 28.1 Å². The summed E-state index contributed by atoms with van der Waals surface area (Å²) in [4.78, 5) is 9.44. The van der Waals surface area contributed by atoms with E-state index in [-0.39, 0.29) is 5.75 Å². The molecule has 0 atom stereocenters. The average molecular weight is 382 g/mol. The lowest BCUT2D eigenvalue weighted by Crippen LogP contribution is -1.95. The van der Waals surface area contributed by atoms with Crippen molar-refractivity contribution in [1.29, 1.82) is 0 Å². The molecule has 3 aromatic carbocycles. The Kier molecular flexibility index (Phi) is 5.41. The number of allylic oxidation sites excluding steroid dienone is 1. The van der Waals surface area contributed by atoms with E-state index in [1.807, 2.05) is 90.3 Å². The number of hydrogen-bond acceptors (Lipinski definition) is 4. The van der Waals surface area contributed by atoms with E-state index in [9.17, 15) is 5.11 Å². The second kappa shape index (κ2) is 8.46. The van der Waals surface area contributed by atoms with Gasteiger partial charge in [0.1, 0.15) is 5.75 Å². The Labute approximate surface area is 168 Å². The molecule has 0 saturated heterocycles. The lowest BCUT2D eigenvalue weighted by molar-refractivity contribution is 0.474. The highest BCUT2D eigenvalue weighted by atomic mass is 32.1. The molecule has 136 valence electrons. The first-order valence-corrected chi connectivity index (χ1v) is 9.79. The van der Waals surface area contributed by atoms with Crippen LogP contribution in [0.1, 0.15) is 11.1 Å². The molecule has 0 saturated carbocycles. The molecule has 4 heteroatoms. The third kappa shape index (κ3) is 4.24. The quantitative estimate of drug-likeness (QED) is 0.409. The summed E-state index contributed by atoms with van der Waals surface area (Å²) in [6.45, 7) is 0. The molecular formula is C24H18N2OS. The molecule has 0 aliphatic heterocycles. The number of phenolic OH excluding ortho intramolecular Hbond substituents is 1. The van der Waals surface area contributed by atoms with E-state index in [1.54, 1.807) is 12.1 Å². The molecule has 0 amide bonds. The van der Waals surface area contributed by atoms with Crippen molar-refractivity contribution in [2.24, 2.45) is 4.99 Å². The lowest BCUT2D eigenvalue weighted by Gasteiger charge is -2.02. The fourth-order valence-corrected chi connectivity index (χ4v) is 3.47. The minimum absolute atomic E-state index is 0.242. The number of aliphatic imine (C=N–C) groups is 1. The first-order valence-electron chi connectivity index (χ1n) is 8.91. The Morgan fingerprint density at radius 2 is 1.54 bits per heavy atom. The zero-order valence-electron chi connectivity index (χ0n) is 15.1. The van der Waals surface area contributed by atoms with Gasteiger partial charge < -0.3 is 5.11 Å². The van der Waals surface area contributed by atoms with Gasteiger partial charge in [-0.15, -0.1) is 11.3 Å². The molecule has 28 heavy (non-hydrogen) atoms. The van der Waals surface area contributed by atoms with Crippen molar-refractivity contribution in [2.75, 3.05) is 0 Å². The van der Waals surface area contributed by atoms with E-state index in [2.05, 4.69) is 4.98 Å². The lowest BCUT2D eigenvalue weighted by atomic mass is 10.1. The Morgan fingerprint density at radius 1 is 0.857 bits per heavy atom. The fourth-order valence-electron chi connectivity index (χ4n) is 2.76. The van der Waals surface area contributed by atoms with Gasteiger partial charge in [0.2, 0.25) is 5.13 Å². The van der Waals surface area contributed by atoms with Gasteiger partial charge >= 0.3 is 0 Å². The first kappa shape index (κ1) is 17.9. The number of phenols is 1. The summed E-state index contributed by atoms with van der Waals surface area (Å²) in [5.74, 6) is 0.242. The van der Waals surface area contributed by atoms with E-state index in [4.69, 9.17) is 4.99 Å². The minimum atomic E-state index is 0.242. The van der Waals surface area contributed by atoms with E-state index in [1.165, 1.54) is 11.3 Å². The summed E-state index contributed by atoms with van der Waals surface area (Å²) >= 11 is 1.51. The van der Waals surface area contributed by atoms with Crippen molar-refractivity contribution in [2.45, 2.75) is 0 Å². The van der Waals surface area contributed by atoms with Crippen LogP contribution < -0.4 is 0 Å². The Hall–Kier alpha value is -3.50. The van der Waals surface area contributed by atoms with Gasteiger partial charge in [0, 0.05) is 22.1 Å². The van der Waals surface area contributed by atoms with Crippen molar-refractivity contribution in [3.8, 4) is 17.0 Å². The summed E-state index contributed by atoms with van der Waals surface area (Å²) in [5, 5.41) is 12.7. The summed E-state index contributed by atoms with van der Waals surface area (Å²) in [6.07, 6.45) is 3.78. The highest BCUT2D eigenvalue weighted by Crippen LogP contribution is 2.27. The molecule has 0 aliphatic carbocycles. The molecule has 0 aliphatic rings. The topological polar surface area (TPSA) is 45.5 Å². The summed E-state index contributed by atoms with van der Waals surface area (Å²) in [5.41, 5.74) is 4.52.